The van der Waals surface area contributed by atoms with E-state index in [0.717, 1.165) is 35.6 Å². The van der Waals surface area contributed by atoms with Crippen molar-refractivity contribution in [3.63, 3.8) is 0 Å². The van der Waals surface area contributed by atoms with Crippen LogP contribution in [0.3, 0.4) is 0 Å². The van der Waals surface area contributed by atoms with Crippen LogP contribution in [-0.4, -0.2) is 25.8 Å². The number of hydrogen-bond acceptors (Lipinski definition) is 5. The molecular weight excluding hydrogens is 795 g/mol. The van der Waals surface area contributed by atoms with Gasteiger partial charge in [0.05, 0.1) is 7.14 Å². The molecule has 38 heavy (non-hydrogen) atoms. The van der Waals surface area contributed by atoms with Crippen molar-refractivity contribution in [2.24, 2.45) is 0 Å². The van der Waals surface area contributed by atoms with Crippen molar-refractivity contribution < 1.29 is 14.6 Å². The van der Waals surface area contributed by atoms with Crippen LogP contribution in [0.5, 0.6) is 5.75 Å². The van der Waals surface area contributed by atoms with Crippen molar-refractivity contribution in [3.05, 3.63) is 92.8 Å². The number of halogens is 5. The highest BCUT2D eigenvalue weighted by Gasteiger charge is 2.19. The van der Waals surface area contributed by atoms with E-state index in [9.17, 15) is 9.90 Å². The van der Waals surface area contributed by atoms with Crippen LogP contribution in [0.1, 0.15) is 18.1 Å². The molecule has 0 saturated heterocycles. The molecule has 0 atom stereocenters. The molecule has 0 spiro atoms. The first-order valence-electron chi connectivity index (χ1n) is 11.0. The first-order chi connectivity index (χ1) is 18.2. The van der Waals surface area contributed by atoms with E-state index < -0.39 is 5.97 Å². The number of carboxylic acids is 1. The van der Waals surface area contributed by atoms with Crippen LogP contribution in [0.15, 0.2) is 64.7 Å². The molecule has 1 heterocycles. The third-order valence-corrected chi connectivity index (χ3v) is 8.69. The van der Waals surface area contributed by atoms with E-state index in [1.54, 1.807) is 30.3 Å². The molecule has 6 nitrogen and oxygen atoms in total. The van der Waals surface area contributed by atoms with Gasteiger partial charge in [0.15, 0.2) is 11.0 Å². The van der Waals surface area contributed by atoms with E-state index in [4.69, 9.17) is 39.5 Å². The summed E-state index contributed by atoms with van der Waals surface area (Å²) in [6.45, 7) is 2.80. The Morgan fingerprint density at radius 3 is 2.29 bits per heavy atom. The molecule has 0 aliphatic heterocycles. The van der Waals surface area contributed by atoms with Crippen molar-refractivity contribution in [1.29, 1.82) is 0 Å². The number of carbonyl (C=O) groups is 1. The van der Waals surface area contributed by atoms with Gasteiger partial charge in [-0.3, -0.25) is 0 Å². The SMILES string of the molecule is CCn1c(S/C(=C\c2cc(I)c(OCc3ccc(Cl)cc3Cl)c(I)c2)C(=O)O)nnc1-c1ccc(Cl)cc1. The lowest BCUT2D eigenvalue weighted by Gasteiger charge is -2.13. The fourth-order valence-electron chi connectivity index (χ4n) is 3.44. The fraction of sp³-hybridized carbons (Fsp3) is 0.115. The van der Waals surface area contributed by atoms with Gasteiger partial charge < -0.3 is 14.4 Å². The average molecular weight is 813 g/mol. The minimum Gasteiger partial charge on any atom is -0.487 e. The molecule has 1 N–H and O–H groups in total. The molecule has 0 radical (unpaired) electrons. The first kappa shape index (κ1) is 29.5. The molecule has 3 aromatic carbocycles. The molecular formula is C26H18Cl3I2N3O3S. The maximum Gasteiger partial charge on any atom is 0.342 e. The number of aromatic nitrogens is 3. The average Bonchev–Trinajstić information content (AvgIpc) is 3.27. The molecule has 0 amide bonds. The van der Waals surface area contributed by atoms with Gasteiger partial charge in [0.1, 0.15) is 17.3 Å². The monoisotopic (exact) mass is 811 g/mol. The third-order valence-electron chi connectivity index (χ3n) is 5.25. The number of benzene rings is 3. The summed E-state index contributed by atoms with van der Waals surface area (Å²) < 4.78 is 9.59. The van der Waals surface area contributed by atoms with Crippen molar-refractivity contribution >= 4 is 104 Å². The third kappa shape index (κ3) is 7.16. The smallest absolute Gasteiger partial charge is 0.342 e. The van der Waals surface area contributed by atoms with E-state index in [1.807, 2.05) is 41.8 Å². The number of nitrogens with zero attached hydrogens (tertiary/aromatic N) is 3. The highest BCUT2D eigenvalue weighted by atomic mass is 127. The Balaban J connectivity index is 1.58. The zero-order chi connectivity index (χ0) is 27.4. The topological polar surface area (TPSA) is 77.2 Å². The summed E-state index contributed by atoms with van der Waals surface area (Å²) in [5.41, 5.74) is 2.38. The molecule has 4 rings (SSSR count). The van der Waals surface area contributed by atoms with Crippen molar-refractivity contribution in [1.82, 2.24) is 14.8 Å². The predicted octanol–water partition coefficient (Wildman–Crippen LogP) is 8.93. The number of hydrogen-bond donors (Lipinski definition) is 1. The second-order valence-electron chi connectivity index (χ2n) is 7.81. The molecule has 0 bridgehead atoms. The summed E-state index contributed by atoms with van der Waals surface area (Å²) in [7, 11) is 0. The molecule has 196 valence electrons. The zero-order valence-electron chi connectivity index (χ0n) is 19.6. The first-order valence-corrected chi connectivity index (χ1v) is 15.1. The lowest BCUT2D eigenvalue weighted by atomic mass is 10.2. The van der Waals surface area contributed by atoms with Gasteiger partial charge >= 0.3 is 5.97 Å². The number of rotatable bonds is 9. The van der Waals surface area contributed by atoms with Crippen molar-refractivity contribution in [3.8, 4) is 17.1 Å². The maximum absolute atomic E-state index is 12.2. The Hall–Kier alpha value is -1.51. The normalized spacial score (nSPS) is 11.6. The number of ether oxygens (including phenoxy) is 1. The second kappa shape index (κ2) is 13.2. The van der Waals surface area contributed by atoms with Gasteiger partial charge in [-0.25, -0.2) is 4.79 Å². The Morgan fingerprint density at radius 1 is 1.03 bits per heavy atom. The Morgan fingerprint density at radius 2 is 1.68 bits per heavy atom. The molecule has 0 aliphatic rings. The van der Waals surface area contributed by atoms with Crippen LogP contribution in [0.2, 0.25) is 15.1 Å². The number of carboxylic acid groups (broad SMARTS) is 1. The van der Waals surface area contributed by atoms with Gasteiger partial charge in [-0.15, -0.1) is 10.2 Å². The molecule has 1 aromatic heterocycles. The standard InChI is InChI=1S/C26H18Cl3I2N3O3S/c1-2-34-24(15-3-6-17(27)7-4-15)32-33-26(34)38-22(25(35)36)11-14-9-20(30)23(21(31)10-14)37-13-16-5-8-18(28)12-19(16)29/h3-12H,2,13H2,1H3,(H,35,36)/b22-11-. The largest absolute Gasteiger partial charge is 0.487 e. The lowest BCUT2D eigenvalue weighted by molar-refractivity contribution is -0.131. The molecule has 0 fully saturated rings. The van der Waals surface area contributed by atoms with E-state index in [-0.39, 0.29) is 11.5 Å². The maximum atomic E-state index is 12.2. The quantitative estimate of drug-likeness (QED) is 0.103. The number of aliphatic carboxylic acids is 1. The molecule has 0 aliphatic carbocycles. The van der Waals surface area contributed by atoms with E-state index in [2.05, 4.69) is 55.4 Å². The molecule has 4 aromatic rings. The zero-order valence-corrected chi connectivity index (χ0v) is 27.0. The minimum atomic E-state index is -1.06. The Labute approximate surface area is 266 Å². The van der Waals surface area contributed by atoms with Crippen LogP contribution in [0.4, 0.5) is 0 Å². The van der Waals surface area contributed by atoms with Gasteiger partial charge in [0.2, 0.25) is 0 Å². The fourth-order valence-corrected chi connectivity index (χ4v) is 7.04. The van der Waals surface area contributed by atoms with Crippen LogP contribution < -0.4 is 4.74 Å². The van der Waals surface area contributed by atoms with Gasteiger partial charge in [0, 0.05) is 32.7 Å². The highest BCUT2D eigenvalue weighted by molar-refractivity contribution is 14.1. The molecule has 12 heteroatoms. The Bertz CT molecular complexity index is 1510. The van der Waals surface area contributed by atoms with Gasteiger partial charge in [-0.2, -0.15) is 0 Å². The summed E-state index contributed by atoms with van der Waals surface area (Å²) in [6, 6.07) is 16.3. The van der Waals surface area contributed by atoms with Gasteiger partial charge in [-0.05, 0) is 124 Å². The van der Waals surface area contributed by atoms with Crippen molar-refractivity contribution in [2.75, 3.05) is 0 Å². The van der Waals surface area contributed by atoms with Crippen molar-refractivity contribution in [2.45, 2.75) is 25.2 Å². The minimum absolute atomic E-state index is 0.114. The summed E-state index contributed by atoms with van der Waals surface area (Å²) in [4.78, 5) is 12.3. The molecule has 0 unspecified atom stereocenters. The Kier molecular flexibility index (Phi) is 10.3. The summed E-state index contributed by atoms with van der Waals surface area (Å²) in [5, 5.41) is 20.7. The lowest BCUT2D eigenvalue weighted by Crippen LogP contribution is -2.03. The summed E-state index contributed by atoms with van der Waals surface area (Å²) in [6.07, 6.45) is 1.62. The van der Waals surface area contributed by atoms with E-state index in [0.29, 0.717) is 38.3 Å². The predicted molar refractivity (Wildman–Crippen MR) is 170 cm³/mol. The van der Waals surface area contributed by atoms with Gasteiger partial charge in [-0.1, -0.05) is 40.9 Å². The van der Waals surface area contributed by atoms with Crippen LogP contribution in [0.25, 0.3) is 17.5 Å². The second-order valence-corrected chi connectivity index (χ2v) is 12.4. The molecule has 0 saturated carbocycles. The van der Waals surface area contributed by atoms with Crippen LogP contribution in [-0.2, 0) is 17.9 Å². The van der Waals surface area contributed by atoms with E-state index in [1.165, 1.54) is 0 Å². The van der Waals surface area contributed by atoms with Gasteiger partial charge in [0.25, 0.3) is 0 Å². The van der Waals surface area contributed by atoms with E-state index >= 15 is 0 Å². The van der Waals surface area contributed by atoms with Crippen LogP contribution in [0, 0.1) is 7.14 Å². The number of thioether (sulfide) groups is 1. The summed E-state index contributed by atoms with van der Waals surface area (Å²) >= 11 is 23.7. The highest BCUT2D eigenvalue weighted by Crippen LogP contribution is 2.34. The summed E-state index contributed by atoms with van der Waals surface area (Å²) in [5.74, 6) is 0.274. The van der Waals surface area contributed by atoms with Crippen LogP contribution >= 0.6 is 91.7 Å².